The lowest BCUT2D eigenvalue weighted by molar-refractivity contribution is -0.150. The van der Waals surface area contributed by atoms with Crippen LogP contribution in [-0.2, 0) is 28.8 Å². The van der Waals surface area contributed by atoms with Crippen molar-refractivity contribution in [1.29, 1.82) is 0 Å². The molecular formula is C23H29N7O7S2. The number of thioether (sulfide) groups is 1. The van der Waals surface area contributed by atoms with Crippen LogP contribution in [0.1, 0.15) is 25.5 Å². The summed E-state index contributed by atoms with van der Waals surface area (Å²) in [6.07, 6.45) is 1.01. The van der Waals surface area contributed by atoms with Gasteiger partial charge in [-0.3, -0.25) is 24.1 Å². The van der Waals surface area contributed by atoms with E-state index in [1.807, 2.05) is 14.0 Å². The van der Waals surface area contributed by atoms with Crippen LogP contribution in [0.5, 0.6) is 0 Å². The molecule has 1 aromatic heterocycles. The first-order valence-electron chi connectivity index (χ1n) is 12.3. The van der Waals surface area contributed by atoms with E-state index in [4.69, 9.17) is 4.84 Å². The number of aliphatic carboxylic acids is 1. The van der Waals surface area contributed by atoms with Crippen LogP contribution < -0.4 is 10.6 Å². The molecule has 4 rings (SSSR count). The topological polar surface area (TPSA) is 174 Å². The van der Waals surface area contributed by atoms with Gasteiger partial charge in [0.1, 0.15) is 29.4 Å². The molecule has 0 aliphatic carbocycles. The van der Waals surface area contributed by atoms with Crippen LogP contribution in [0.25, 0.3) is 0 Å². The largest absolute Gasteiger partial charge is 0.477 e. The third kappa shape index (κ3) is 6.23. The highest BCUT2D eigenvalue weighted by atomic mass is 32.2. The van der Waals surface area contributed by atoms with Gasteiger partial charge in [0.25, 0.3) is 11.8 Å². The molecular weight excluding hydrogens is 550 g/mol. The molecule has 14 nitrogen and oxygen atoms in total. The van der Waals surface area contributed by atoms with E-state index >= 15 is 0 Å². The van der Waals surface area contributed by atoms with E-state index in [0.717, 1.165) is 29.3 Å². The molecule has 0 bridgehead atoms. The van der Waals surface area contributed by atoms with Crippen LogP contribution in [0.3, 0.4) is 0 Å². The number of carbonyl (C=O) groups excluding carboxylic acids is 4. The van der Waals surface area contributed by atoms with Gasteiger partial charge in [-0.15, -0.1) is 23.1 Å². The molecule has 210 valence electrons. The molecule has 1 unspecified atom stereocenters. The standard InChI is InChI=1S/C23H29N7O7S2/c1-3-8-37-27-16(14-11-39-23(25-14)24-12-31)19(33)26-17-20(34)30-18(22(35)36)13(10-38-21(17)30)9-15(32)29-6-4-28(2)5-7-29/h11-12,17,21H,3-10H2,1-2H3,(H,26,33)(H,35,36)(H,24,25,31)/t17?,21-/m0/s1. The number of nitrogens with one attached hydrogen (secondary N) is 2. The fraction of sp³-hybridized carbons (Fsp3) is 0.522. The number of piperazine rings is 1. The van der Waals surface area contributed by atoms with E-state index < -0.39 is 29.2 Å². The molecule has 16 heteroatoms. The number of thiazole rings is 1. The van der Waals surface area contributed by atoms with Crippen LogP contribution in [0, 0.1) is 0 Å². The molecule has 4 heterocycles. The molecule has 0 aromatic carbocycles. The van der Waals surface area contributed by atoms with E-state index in [1.54, 1.807) is 4.90 Å². The lowest BCUT2D eigenvalue weighted by Crippen LogP contribution is -2.71. The zero-order valence-electron chi connectivity index (χ0n) is 21.4. The van der Waals surface area contributed by atoms with Gasteiger partial charge in [0.2, 0.25) is 12.3 Å². The van der Waals surface area contributed by atoms with Gasteiger partial charge in [0, 0.05) is 37.3 Å². The second-order valence-electron chi connectivity index (χ2n) is 9.05. The van der Waals surface area contributed by atoms with Crippen molar-refractivity contribution in [3.63, 3.8) is 0 Å². The van der Waals surface area contributed by atoms with Crippen molar-refractivity contribution < 1.29 is 33.9 Å². The monoisotopic (exact) mass is 579 g/mol. The fourth-order valence-corrected chi connectivity index (χ4v) is 6.28. The van der Waals surface area contributed by atoms with Gasteiger partial charge in [0.05, 0.1) is 6.42 Å². The number of likely N-dealkylation sites (N-methyl/N-ethyl adjacent to an activating group) is 1. The van der Waals surface area contributed by atoms with Crippen molar-refractivity contribution in [3.8, 4) is 0 Å². The summed E-state index contributed by atoms with van der Waals surface area (Å²) in [4.78, 5) is 76.3. The lowest BCUT2D eigenvalue weighted by atomic mass is 10.0. The number of anilines is 1. The number of hydrogen-bond donors (Lipinski definition) is 3. The van der Waals surface area contributed by atoms with Crippen LogP contribution in [0.4, 0.5) is 5.13 Å². The van der Waals surface area contributed by atoms with E-state index in [1.165, 1.54) is 17.1 Å². The Balaban J connectivity index is 1.47. The number of carboxylic acid groups (broad SMARTS) is 1. The third-order valence-electron chi connectivity index (χ3n) is 6.35. The predicted molar refractivity (Wildman–Crippen MR) is 143 cm³/mol. The average Bonchev–Trinajstić information content (AvgIpc) is 3.37. The maximum atomic E-state index is 13.1. The summed E-state index contributed by atoms with van der Waals surface area (Å²) in [7, 11) is 1.97. The van der Waals surface area contributed by atoms with Crippen molar-refractivity contribution in [2.24, 2.45) is 5.16 Å². The molecule has 2 saturated heterocycles. The Morgan fingerprint density at radius 2 is 2.03 bits per heavy atom. The number of oxime groups is 1. The van der Waals surface area contributed by atoms with Crippen molar-refractivity contribution >= 4 is 64.0 Å². The molecule has 0 radical (unpaired) electrons. The van der Waals surface area contributed by atoms with Crippen molar-refractivity contribution in [1.82, 2.24) is 25.0 Å². The number of nitrogens with zero attached hydrogens (tertiary/aromatic N) is 5. The average molecular weight is 580 g/mol. The molecule has 1 aromatic rings. The van der Waals surface area contributed by atoms with Crippen molar-refractivity contribution in [2.45, 2.75) is 31.2 Å². The Kier molecular flexibility index (Phi) is 9.19. The smallest absolute Gasteiger partial charge is 0.352 e. The quantitative estimate of drug-likeness (QED) is 0.104. The Morgan fingerprint density at radius 3 is 2.69 bits per heavy atom. The second kappa shape index (κ2) is 12.6. The number of fused-ring (bicyclic) bond motifs is 1. The number of hydrogen-bond acceptors (Lipinski definition) is 11. The highest BCUT2D eigenvalue weighted by molar-refractivity contribution is 8.00. The summed E-state index contributed by atoms with van der Waals surface area (Å²) in [6.45, 7) is 4.72. The number of rotatable bonds is 11. The number of β-lactam (4-membered cyclic amide) rings is 1. The number of carbonyl (C=O) groups is 5. The Bertz CT molecular complexity index is 1210. The molecule has 2 fully saturated rings. The van der Waals surface area contributed by atoms with Crippen LogP contribution in [0.15, 0.2) is 21.8 Å². The molecule has 3 aliphatic rings. The summed E-state index contributed by atoms with van der Waals surface area (Å²) < 4.78 is 0. The predicted octanol–water partition coefficient (Wildman–Crippen LogP) is -0.255. The highest BCUT2D eigenvalue weighted by Crippen LogP contribution is 2.41. The first-order valence-corrected chi connectivity index (χ1v) is 14.2. The van der Waals surface area contributed by atoms with Crippen LogP contribution in [-0.4, -0.2) is 118 Å². The molecule has 0 saturated carbocycles. The van der Waals surface area contributed by atoms with E-state index in [-0.39, 0.29) is 46.9 Å². The zero-order valence-corrected chi connectivity index (χ0v) is 23.0. The SMILES string of the molecule is CCCON=C(C(=O)NC1C(=O)N2C(C(=O)O)=C(CC(=O)N3CCN(C)CC3)CS[C@@H]12)c1csc(NC=O)n1. The Hall–Kier alpha value is -3.50. The molecule has 3 N–H and O–H groups in total. The summed E-state index contributed by atoms with van der Waals surface area (Å²) in [5.74, 6) is -2.57. The normalized spacial score (nSPS) is 21.7. The second-order valence-corrected chi connectivity index (χ2v) is 11.0. The maximum absolute atomic E-state index is 13.1. The van der Waals surface area contributed by atoms with E-state index in [9.17, 15) is 29.1 Å². The summed E-state index contributed by atoms with van der Waals surface area (Å²) in [5, 5.41) is 19.9. The van der Waals surface area contributed by atoms with Gasteiger partial charge in [0.15, 0.2) is 10.8 Å². The number of amides is 4. The lowest BCUT2D eigenvalue weighted by Gasteiger charge is -2.49. The van der Waals surface area contributed by atoms with Gasteiger partial charge >= 0.3 is 5.97 Å². The third-order valence-corrected chi connectivity index (χ3v) is 8.47. The highest BCUT2D eigenvalue weighted by Gasteiger charge is 2.54. The van der Waals surface area contributed by atoms with Gasteiger partial charge in [-0.1, -0.05) is 12.1 Å². The van der Waals surface area contributed by atoms with Gasteiger partial charge in [-0.2, -0.15) is 0 Å². The first kappa shape index (κ1) is 28.5. The zero-order chi connectivity index (χ0) is 28.1. The molecule has 0 spiro atoms. The minimum atomic E-state index is -1.30. The maximum Gasteiger partial charge on any atom is 0.352 e. The first-order chi connectivity index (χ1) is 18.7. The van der Waals surface area contributed by atoms with Gasteiger partial charge in [-0.05, 0) is 19.0 Å². The minimum Gasteiger partial charge on any atom is -0.477 e. The van der Waals surface area contributed by atoms with Crippen LogP contribution in [0.2, 0.25) is 0 Å². The van der Waals surface area contributed by atoms with Gasteiger partial charge < -0.3 is 30.4 Å². The van der Waals surface area contributed by atoms with E-state index in [0.29, 0.717) is 31.5 Å². The van der Waals surface area contributed by atoms with Gasteiger partial charge in [-0.25, -0.2) is 9.78 Å². The molecule has 3 aliphatic heterocycles. The molecule has 39 heavy (non-hydrogen) atoms. The van der Waals surface area contributed by atoms with Crippen molar-refractivity contribution in [2.75, 3.05) is 50.9 Å². The summed E-state index contributed by atoms with van der Waals surface area (Å²) >= 11 is 2.36. The van der Waals surface area contributed by atoms with Crippen molar-refractivity contribution in [3.05, 3.63) is 22.3 Å². The summed E-state index contributed by atoms with van der Waals surface area (Å²) in [6, 6.07) is -1.01. The number of carboxylic acids is 1. The Labute approximate surface area is 232 Å². The fourth-order valence-electron chi connectivity index (χ4n) is 4.28. The minimum absolute atomic E-state index is 0.0849. The summed E-state index contributed by atoms with van der Waals surface area (Å²) in [5.41, 5.74) is 0.131. The van der Waals surface area contributed by atoms with Crippen LogP contribution >= 0.6 is 23.1 Å². The van der Waals surface area contributed by atoms with E-state index in [2.05, 4.69) is 25.7 Å². The molecule has 2 atom stereocenters. The Morgan fingerprint density at radius 1 is 1.28 bits per heavy atom. The molecule has 4 amide bonds. The number of aromatic nitrogens is 1.